The van der Waals surface area contributed by atoms with E-state index in [9.17, 15) is 0 Å². The van der Waals surface area contributed by atoms with Crippen LogP contribution in [0.1, 0.15) is 12.6 Å². The topological polar surface area (TPSA) is 44.2 Å². The fourth-order valence-corrected chi connectivity index (χ4v) is 2.32. The molecule has 0 spiro atoms. The maximum absolute atomic E-state index is 6.18. The molecule has 1 heterocycles. The SMILES string of the molecule is CCc1cc(Cl)nc(-c2cc(Cl)c(OC)c(OC)c2)n1. The van der Waals surface area contributed by atoms with Gasteiger partial charge in [-0.1, -0.05) is 30.1 Å². The molecule has 0 aliphatic heterocycles. The van der Waals surface area contributed by atoms with Gasteiger partial charge in [0.2, 0.25) is 0 Å². The third kappa shape index (κ3) is 2.97. The van der Waals surface area contributed by atoms with Gasteiger partial charge in [-0.05, 0) is 24.6 Å². The van der Waals surface area contributed by atoms with Gasteiger partial charge < -0.3 is 9.47 Å². The average Bonchev–Trinajstić information content (AvgIpc) is 2.45. The molecule has 0 atom stereocenters. The van der Waals surface area contributed by atoms with Crippen LogP contribution in [0.2, 0.25) is 10.2 Å². The maximum atomic E-state index is 6.18. The quantitative estimate of drug-likeness (QED) is 0.799. The number of hydrogen-bond acceptors (Lipinski definition) is 4. The summed E-state index contributed by atoms with van der Waals surface area (Å²) in [7, 11) is 3.09. The fraction of sp³-hybridized carbons (Fsp3) is 0.286. The zero-order valence-electron chi connectivity index (χ0n) is 11.4. The van der Waals surface area contributed by atoms with Gasteiger partial charge in [0.1, 0.15) is 5.15 Å². The van der Waals surface area contributed by atoms with Crippen LogP contribution in [0.5, 0.6) is 11.5 Å². The van der Waals surface area contributed by atoms with Gasteiger partial charge in [0.25, 0.3) is 0 Å². The largest absolute Gasteiger partial charge is 0.493 e. The number of benzene rings is 1. The minimum Gasteiger partial charge on any atom is -0.493 e. The first-order chi connectivity index (χ1) is 9.58. The lowest BCUT2D eigenvalue weighted by Gasteiger charge is -2.11. The molecule has 4 nitrogen and oxygen atoms in total. The highest BCUT2D eigenvalue weighted by molar-refractivity contribution is 6.32. The summed E-state index contributed by atoms with van der Waals surface area (Å²) in [5, 5.41) is 0.834. The first-order valence-corrected chi connectivity index (χ1v) is 6.80. The molecular formula is C14H14Cl2N2O2. The molecule has 0 bridgehead atoms. The summed E-state index contributed by atoms with van der Waals surface area (Å²) in [6.07, 6.45) is 0.774. The van der Waals surface area contributed by atoms with Crippen molar-refractivity contribution in [1.82, 2.24) is 9.97 Å². The van der Waals surface area contributed by atoms with E-state index in [2.05, 4.69) is 9.97 Å². The third-order valence-electron chi connectivity index (χ3n) is 2.80. The molecule has 1 aromatic heterocycles. The van der Waals surface area contributed by atoms with Crippen LogP contribution in [0.4, 0.5) is 0 Å². The number of aromatic nitrogens is 2. The molecule has 0 unspecified atom stereocenters. The normalized spacial score (nSPS) is 10.4. The van der Waals surface area contributed by atoms with Gasteiger partial charge in [-0.3, -0.25) is 0 Å². The van der Waals surface area contributed by atoms with Crippen molar-refractivity contribution in [2.75, 3.05) is 14.2 Å². The second kappa shape index (κ2) is 6.29. The summed E-state index contributed by atoms with van der Waals surface area (Å²) < 4.78 is 10.5. The molecule has 0 fully saturated rings. The Bertz CT molecular complexity index is 633. The number of rotatable bonds is 4. The lowest BCUT2D eigenvalue weighted by molar-refractivity contribution is 0.355. The molecule has 0 aliphatic carbocycles. The Labute approximate surface area is 127 Å². The van der Waals surface area contributed by atoms with E-state index in [1.807, 2.05) is 6.92 Å². The van der Waals surface area contributed by atoms with Crippen LogP contribution >= 0.6 is 23.2 Å². The van der Waals surface area contributed by atoms with Crippen LogP contribution in [0.25, 0.3) is 11.4 Å². The highest BCUT2D eigenvalue weighted by Crippen LogP contribution is 2.38. The number of hydrogen-bond donors (Lipinski definition) is 0. The van der Waals surface area contributed by atoms with Crippen LogP contribution in [-0.4, -0.2) is 24.2 Å². The zero-order chi connectivity index (χ0) is 14.7. The van der Waals surface area contributed by atoms with E-state index in [-0.39, 0.29) is 0 Å². The zero-order valence-corrected chi connectivity index (χ0v) is 12.9. The molecule has 20 heavy (non-hydrogen) atoms. The van der Waals surface area contributed by atoms with Crippen LogP contribution in [0, 0.1) is 0 Å². The van der Waals surface area contributed by atoms with Crippen LogP contribution in [0.3, 0.4) is 0 Å². The second-order valence-corrected chi connectivity index (χ2v) is 4.85. The van der Waals surface area contributed by atoms with Crippen molar-refractivity contribution >= 4 is 23.2 Å². The molecule has 0 saturated heterocycles. The van der Waals surface area contributed by atoms with E-state index in [1.54, 1.807) is 25.3 Å². The van der Waals surface area contributed by atoms with Crippen molar-refractivity contribution in [3.63, 3.8) is 0 Å². The third-order valence-corrected chi connectivity index (χ3v) is 3.28. The molecule has 0 amide bonds. The van der Waals surface area contributed by atoms with Crippen LogP contribution in [-0.2, 0) is 6.42 Å². The Balaban J connectivity index is 2.58. The number of nitrogens with zero attached hydrogens (tertiary/aromatic N) is 2. The van der Waals surface area contributed by atoms with Gasteiger partial charge in [-0.25, -0.2) is 9.97 Å². The molecule has 0 radical (unpaired) electrons. The van der Waals surface area contributed by atoms with Crippen molar-refractivity contribution in [3.8, 4) is 22.9 Å². The first kappa shape index (κ1) is 14.9. The first-order valence-electron chi connectivity index (χ1n) is 6.04. The number of methoxy groups -OCH3 is 2. The van der Waals surface area contributed by atoms with Gasteiger partial charge >= 0.3 is 0 Å². The standard InChI is InChI=1S/C14H14Cl2N2O2/c1-4-9-7-12(16)18-14(17-9)8-5-10(15)13(20-3)11(6-8)19-2/h5-7H,4H2,1-3H3. The van der Waals surface area contributed by atoms with Crippen LogP contribution < -0.4 is 9.47 Å². The predicted octanol–water partition coefficient (Wildman–Crippen LogP) is 4.03. The molecule has 6 heteroatoms. The van der Waals surface area contributed by atoms with Crippen molar-refractivity contribution in [3.05, 3.63) is 34.1 Å². The summed E-state index contributed by atoms with van der Waals surface area (Å²) in [5.74, 6) is 1.52. The Morgan fingerprint density at radius 2 is 1.80 bits per heavy atom. The minimum atomic E-state index is 0.401. The number of aryl methyl sites for hydroxylation is 1. The highest BCUT2D eigenvalue weighted by atomic mass is 35.5. The Morgan fingerprint density at radius 1 is 1.05 bits per heavy atom. The lowest BCUT2D eigenvalue weighted by atomic mass is 10.1. The Kier molecular flexibility index (Phi) is 4.68. The molecule has 2 aromatic rings. The van der Waals surface area contributed by atoms with E-state index >= 15 is 0 Å². The highest BCUT2D eigenvalue weighted by Gasteiger charge is 2.14. The average molecular weight is 313 g/mol. The summed E-state index contributed by atoms with van der Waals surface area (Å²) in [6, 6.07) is 5.25. The molecular weight excluding hydrogens is 299 g/mol. The fourth-order valence-electron chi connectivity index (χ4n) is 1.82. The van der Waals surface area contributed by atoms with Crippen molar-refractivity contribution in [2.24, 2.45) is 0 Å². The van der Waals surface area contributed by atoms with E-state index in [0.29, 0.717) is 27.5 Å². The predicted molar refractivity (Wildman–Crippen MR) is 80.0 cm³/mol. The van der Waals surface area contributed by atoms with Gasteiger partial charge in [-0.2, -0.15) is 0 Å². The van der Waals surface area contributed by atoms with E-state index in [4.69, 9.17) is 32.7 Å². The number of ether oxygens (including phenoxy) is 2. The van der Waals surface area contributed by atoms with Gasteiger partial charge in [0, 0.05) is 11.3 Å². The van der Waals surface area contributed by atoms with Gasteiger partial charge in [0.05, 0.1) is 19.2 Å². The monoisotopic (exact) mass is 312 g/mol. The van der Waals surface area contributed by atoms with Crippen molar-refractivity contribution in [2.45, 2.75) is 13.3 Å². The Hall–Kier alpha value is -1.52. The molecule has 2 rings (SSSR count). The minimum absolute atomic E-state index is 0.401. The summed E-state index contributed by atoms with van der Waals surface area (Å²) in [4.78, 5) is 8.67. The summed E-state index contributed by atoms with van der Waals surface area (Å²) >= 11 is 12.2. The molecule has 0 saturated carbocycles. The van der Waals surface area contributed by atoms with Gasteiger partial charge in [0.15, 0.2) is 17.3 Å². The second-order valence-electron chi connectivity index (χ2n) is 4.05. The van der Waals surface area contributed by atoms with E-state index in [0.717, 1.165) is 17.7 Å². The van der Waals surface area contributed by atoms with Gasteiger partial charge in [-0.15, -0.1) is 0 Å². The molecule has 106 valence electrons. The number of halogens is 2. The lowest BCUT2D eigenvalue weighted by Crippen LogP contribution is -1.97. The summed E-state index contributed by atoms with van der Waals surface area (Å²) in [5.41, 5.74) is 1.59. The molecule has 0 aliphatic rings. The Morgan fingerprint density at radius 3 is 2.40 bits per heavy atom. The maximum Gasteiger partial charge on any atom is 0.179 e. The smallest absolute Gasteiger partial charge is 0.179 e. The van der Waals surface area contributed by atoms with E-state index in [1.165, 1.54) is 7.11 Å². The van der Waals surface area contributed by atoms with Crippen molar-refractivity contribution in [1.29, 1.82) is 0 Å². The summed E-state index contributed by atoms with van der Waals surface area (Å²) in [6.45, 7) is 2.00. The molecule has 0 N–H and O–H groups in total. The van der Waals surface area contributed by atoms with E-state index < -0.39 is 0 Å². The van der Waals surface area contributed by atoms with Crippen molar-refractivity contribution < 1.29 is 9.47 Å². The van der Waals surface area contributed by atoms with Crippen LogP contribution in [0.15, 0.2) is 18.2 Å². The molecule has 1 aromatic carbocycles.